The number of carbonyl (C=O) groups excluding carboxylic acids is 2. The third-order valence-electron chi connectivity index (χ3n) is 4.94. The molecule has 3 heterocycles. The van der Waals surface area contributed by atoms with Gasteiger partial charge in [0, 0.05) is 11.8 Å². The van der Waals surface area contributed by atoms with Gasteiger partial charge >= 0.3 is 0 Å². The van der Waals surface area contributed by atoms with E-state index in [0.29, 0.717) is 52.5 Å². The SMILES string of the molecule is CCc1nc(Cn2nc(C)c(NC(=O)c3cc(C(N)=O)nc4ccccc34)c2C)no1. The summed E-state index contributed by atoms with van der Waals surface area (Å²) in [7, 11) is 0. The summed E-state index contributed by atoms with van der Waals surface area (Å²) < 4.78 is 6.84. The third-order valence-corrected chi connectivity index (χ3v) is 4.94. The summed E-state index contributed by atoms with van der Waals surface area (Å²) in [6, 6.07) is 8.48. The summed E-state index contributed by atoms with van der Waals surface area (Å²) in [6.45, 7) is 5.89. The van der Waals surface area contributed by atoms with Gasteiger partial charge in [-0.1, -0.05) is 30.3 Å². The second-order valence-electron chi connectivity index (χ2n) is 7.05. The van der Waals surface area contributed by atoms with E-state index >= 15 is 0 Å². The zero-order chi connectivity index (χ0) is 22.1. The third kappa shape index (κ3) is 3.87. The van der Waals surface area contributed by atoms with Crippen LogP contribution in [0.5, 0.6) is 0 Å². The quantitative estimate of drug-likeness (QED) is 0.488. The first-order valence-electron chi connectivity index (χ1n) is 9.73. The van der Waals surface area contributed by atoms with E-state index < -0.39 is 5.91 Å². The highest BCUT2D eigenvalue weighted by atomic mass is 16.5. The molecule has 0 radical (unpaired) electrons. The van der Waals surface area contributed by atoms with Crippen LogP contribution in [-0.4, -0.2) is 36.7 Å². The average Bonchev–Trinajstić information content (AvgIpc) is 3.32. The van der Waals surface area contributed by atoms with Crippen molar-refractivity contribution >= 4 is 28.4 Å². The standard InChI is InChI=1S/C21H21N7O3/c1-4-18-24-17(27-31-18)10-28-12(3)19(11(2)26-28)25-21(30)14-9-16(20(22)29)23-15-8-6-5-7-13(14)15/h5-9H,4,10H2,1-3H3,(H2,22,29)(H,25,30). The number of hydrogen-bond acceptors (Lipinski definition) is 7. The van der Waals surface area contributed by atoms with Crippen LogP contribution in [0.2, 0.25) is 0 Å². The van der Waals surface area contributed by atoms with Crippen LogP contribution in [0.15, 0.2) is 34.9 Å². The lowest BCUT2D eigenvalue weighted by molar-refractivity contribution is 0.0996. The molecule has 1 aromatic carbocycles. The van der Waals surface area contributed by atoms with Gasteiger partial charge in [-0.2, -0.15) is 10.1 Å². The number of para-hydroxylation sites is 1. The second kappa shape index (κ2) is 7.98. The lowest BCUT2D eigenvalue weighted by Gasteiger charge is -2.10. The number of carbonyl (C=O) groups is 2. The van der Waals surface area contributed by atoms with Crippen LogP contribution >= 0.6 is 0 Å². The molecular weight excluding hydrogens is 398 g/mol. The summed E-state index contributed by atoms with van der Waals surface area (Å²) >= 11 is 0. The van der Waals surface area contributed by atoms with E-state index in [1.54, 1.807) is 35.9 Å². The van der Waals surface area contributed by atoms with Gasteiger partial charge in [-0.05, 0) is 26.0 Å². The molecule has 0 saturated heterocycles. The van der Waals surface area contributed by atoms with Gasteiger partial charge in [0.25, 0.3) is 11.8 Å². The molecule has 2 amide bonds. The van der Waals surface area contributed by atoms with E-state index in [9.17, 15) is 9.59 Å². The smallest absolute Gasteiger partial charge is 0.267 e. The first-order chi connectivity index (χ1) is 14.9. The van der Waals surface area contributed by atoms with Gasteiger partial charge in [-0.25, -0.2) is 4.98 Å². The largest absolute Gasteiger partial charge is 0.364 e. The van der Waals surface area contributed by atoms with Crippen molar-refractivity contribution in [3.63, 3.8) is 0 Å². The molecule has 4 aromatic rings. The first kappa shape index (κ1) is 20.2. The van der Waals surface area contributed by atoms with Crippen molar-refractivity contribution in [1.82, 2.24) is 24.9 Å². The number of aryl methyl sites for hydroxylation is 2. The van der Waals surface area contributed by atoms with E-state index in [-0.39, 0.29) is 11.6 Å². The van der Waals surface area contributed by atoms with Gasteiger partial charge in [-0.3, -0.25) is 14.3 Å². The van der Waals surface area contributed by atoms with Crippen LogP contribution in [0, 0.1) is 13.8 Å². The first-order valence-corrected chi connectivity index (χ1v) is 9.73. The number of fused-ring (bicyclic) bond motifs is 1. The fourth-order valence-corrected chi connectivity index (χ4v) is 3.33. The molecule has 0 saturated carbocycles. The monoisotopic (exact) mass is 419 g/mol. The molecule has 0 aliphatic carbocycles. The Labute approximate surface area is 177 Å². The zero-order valence-electron chi connectivity index (χ0n) is 17.3. The Hall–Kier alpha value is -4.08. The number of anilines is 1. The molecule has 4 rings (SSSR count). The normalized spacial score (nSPS) is 11.1. The number of aromatic nitrogens is 5. The summed E-state index contributed by atoms with van der Waals surface area (Å²) in [4.78, 5) is 33.4. The molecule has 3 aromatic heterocycles. The summed E-state index contributed by atoms with van der Waals surface area (Å²) in [5.74, 6) is -0.0299. The van der Waals surface area contributed by atoms with Crippen LogP contribution in [-0.2, 0) is 13.0 Å². The number of rotatable bonds is 6. The van der Waals surface area contributed by atoms with Crippen molar-refractivity contribution in [2.75, 3.05) is 5.32 Å². The molecule has 3 N–H and O–H groups in total. The molecule has 10 heteroatoms. The Bertz CT molecular complexity index is 1310. The number of amides is 2. The molecule has 31 heavy (non-hydrogen) atoms. The minimum absolute atomic E-state index is 0.0248. The molecule has 0 aliphatic heterocycles. The number of primary amides is 1. The highest BCUT2D eigenvalue weighted by Gasteiger charge is 2.20. The van der Waals surface area contributed by atoms with Crippen LogP contribution in [0.4, 0.5) is 5.69 Å². The molecule has 0 aliphatic rings. The van der Waals surface area contributed by atoms with Crippen molar-refractivity contribution in [2.45, 2.75) is 33.7 Å². The summed E-state index contributed by atoms with van der Waals surface area (Å²) in [5.41, 5.74) is 8.19. The molecule has 10 nitrogen and oxygen atoms in total. The van der Waals surface area contributed by atoms with E-state index in [2.05, 4.69) is 25.5 Å². The van der Waals surface area contributed by atoms with Gasteiger partial charge in [0.1, 0.15) is 12.2 Å². The van der Waals surface area contributed by atoms with Crippen LogP contribution in [0.25, 0.3) is 10.9 Å². The maximum atomic E-state index is 13.1. The molecule has 0 spiro atoms. The fraction of sp³-hybridized carbons (Fsp3) is 0.238. The van der Waals surface area contributed by atoms with Crippen molar-refractivity contribution < 1.29 is 14.1 Å². The Morgan fingerprint density at radius 1 is 1.19 bits per heavy atom. The minimum Gasteiger partial charge on any atom is -0.364 e. The number of benzene rings is 1. The highest BCUT2D eigenvalue weighted by Crippen LogP contribution is 2.24. The summed E-state index contributed by atoms with van der Waals surface area (Å²) in [5, 5.41) is 12.0. The zero-order valence-corrected chi connectivity index (χ0v) is 17.3. The van der Waals surface area contributed by atoms with E-state index in [1.165, 1.54) is 6.07 Å². The molecule has 158 valence electrons. The Morgan fingerprint density at radius 3 is 2.68 bits per heavy atom. The van der Waals surface area contributed by atoms with Crippen LogP contribution in [0.3, 0.4) is 0 Å². The van der Waals surface area contributed by atoms with E-state index in [0.717, 1.165) is 5.69 Å². The van der Waals surface area contributed by atoms with Crippen LogP contribution < -0.4 is 11.1 Å². The maximum absolute atomic E-state index is 13.1. The molecular formula is C21H21N7O3. The van der Waals surface area contributed by atoms with Gasteiger partial charge < -0.3 is 15.6 Å². The Balaban J connectivity index is 1.66. The number of nitrogens with two attached hydrogens (primary N) is 1. The van der Waals surface area contributed by atoms with Crippen LogP contribution in [0.1, 0.15) is 50.9 Å². The van der Waals surface area contributed by atoms with E-state index in [1.807, 2.05) is 13.8 Å². The minimum atomic E-state index is -0.702. The lowest BCUT2D eigenvalue weighted by atomic mass is 10.1. The molecule has 0 atom stereocenters. The second-order valence-corrected chi connectivity index (χ2v) is 7.05. The van der Waals surface area contributed by atoms with E-state index in [4.69, 9.17) is 10.3 Å². The number of pyridine rings is 1. The predicted octanol–water partition coefficient (Wildman–Crippen LogP) is 2.39. The predicted molar refractivity (Wildman–Crippen MR) is 113 cm³/mol. The van der Waals surface area contributed by atoms with Crippen molar-refractivity contribution in [3.8, 4) is 0 Å². The fourth-order valence-electron chi connectivity index (χ4n) is 3.33. The van der Waals surface area contributed by atoms with Gasteiger partial charge in [0.2, 0.25) is 5.89 Å². The lowest BCUT2D eigenvalue weighted by Crippen LogP contribution is -2.18. The number of nitrogens with zero attached hydrogens (tertiary/aromatic N) is 5. The molecule has 0 bridgehead atoms. The van der Waals surface area contributed by atoms with Gasteiger partial charge in [0.15, 0.2) is 5.82 Å². The number of nitrogens with one attached hydrogen (secondary N) is 1. The average molecular weight is 419 g/mol. The highest BCUT2D eigenvalue weighted by molar-refractivity contribution is 6.14. The topological polar surface area (TPSA) is 142 Å². The molecule has 0 unspecified atom stereocenters. The van der Waals surface area contributed by atoms with Gasteiger partial charge in [0.05, 0.1) is 28.2 Å². The Morgan fingerprint density at radius 2 is 1.97 bits per heavy atom. The Kier molecular flexibility index (Phi) is 5.20. The summed E-state index contributed by atoms with van der Waals surface area (Å²) in [6.07, 6.45) is 0.651. The van der Waals surface area contributed by atoms with Gasteiger partial charge in [-0.15, -0.1) is 0 Å². The molecule has 0 fully saturated rings. The van der Waals surface area contributed by atoms with Crippen molar-refractivity contribution in [1.29, 1.82) is 0 Å². The maximum Gasteiger partial charge on any atom is 0.267 e. The number of hydrogen-bond donors (Lipinski definition) is 2. The van der Waals surface area contributed by atoms with Crippen molar-refractivity contribution in [2.24, 2.45) is 5.73 Å². The van der Waals surface area contributed by atoms with Crippen molar-refractivity contribution in [3.05, 3.63) is 64.7 Å².